The molecule has 0 saturated heterocycles. The third kappa shape index (κ3) is 2.82. The second-order valence-electron chi connectivity index (χ2n) is 3.55. The number of rotatable bonds is 4. The number of thiazole rings is 1. The summed E-state index contributed by atoms with van der Waals surface area (Å²) in [5, 5.41) is 7.29. The molecule has 1 aromatic carbocycles. The predicted molar refractivity (Wildman–Crippen MR) is 68.8 cm³/mol. The third-order valence-electron chi connectivity index (χ3n) is 2.41. The van der Waals surface area contributed by atoms with Crippen molar-refractivity contribution in [2.24, 2.45) is 0 Å². The van der Waals surface area contributed by atoms with Crippen LogP contribution in [0, 0.1) is 0 Å². The smallest absolute Gasteiger partial charge is 0.106 e. The SMILES string of the molecule is C[C@@H](NCc1nccs1)c1ccccc1Cl. The Morgan fingerprint density at radius 3 is 2.94 bits per heavy atom. The minimum Gasteiger partial charge on any atom is -0.304 e. The van der Waals surface area contributed by atoms with Crippen molar-refractivity contribution < 1.29 is 0 Å². The Morgan fingerprint density at radius 2 is 2.25 bits per heavy atom. The first-order chi connectivity index (χ1) is 7.77. The molecule has 0 unspecified atom stereocenters. The molecule has 0 spiro atoms. The fourth-order valence-corrected chi connectivity index (χ4v) is 2.38. The second kappa shape index (κ2) is 5.43. The van der Waals surface area contributed by atoms with Gasteiger partial charge in [-0.25, -0.2) is 4.98 Å². The molecule has 1 heterocycles. The standard InChI is InChI=1S/C12H13ClN2S/c1-9(10-4-2-3-5-11(10)13)15-8-12-14-6-7-16-12/h2-7,9,15H,8H2,1H3/t9-/m1/s1. The van der Waals surface area contributed by atoms with E-state index < -0.39 is 0 Å². The first-order valence-electron chi connectivity index (χ1n) is 5.13. The van der Waals surface area contributed by atoms with Crippen LogP contribution in [0.2, 0.25) is 5.02 Å². The van der Waals surface area contributed by atoms with Crippen LogP contribution in [-0.2, 0) is 6.54 Å². The van der Waals surface area contributed by atoms with Gasteiger partial charge in [0.25, 0.3) is 0 Å². The molecule has 0 fully saturated rings. The van der Waals surface area contributed by atoms with E-state index in [-0.39, 0.29) is 6.04 Å². The van der Waals surface area contributed by atoms with Crippen LogP contribution < -0.4 is 5.32 Å². The van der Waals surface area contributed by atoms with Crippen LogP contribution in [0.15, 0.2) is 35.8 Å². The zero-order chi connectivity index (χ0) is 11.4. The lowest BCUT2D eigenvalue weighted by Crippen LogP contribution is -2.18. The Hall–Kier alpha value is -0.900. The molecule has 2 aromatic rings. The minimum absolute atomic E-state index is 0.234. The fraction of sp³-hybridized carbons (Fsp3) is 0.250. The molecule has 16 heavy (non-hydrogen) atoms. The number of nitrogens with zero attached hydrogens (tertiary/aromatic N) is 1. The Balaban J connectivity index is 1.98. The summed E-state index contributed by atoms with van der Waals surface area (Å²) in [4.78, 5) is 4.23. The van der Waals surface area contributed by atoms with E-state index in [1.165, 1.54) is 0 Å². The van der Waals surface area contributed by atoms with Gasteiger partial charge in [0.2, 0.25) is 0 Å². The highest BCUT2D eigenvalue weighted by molar-refractivity contribution is 7.09. The van der Waals surface area contributed by atoms with Gasteiger partial charge in [0, 0.05) is 29.2 Å². The normalized spacial score (nSPS) is 12.6. The summed E-state index contributed by atoms with van der Waals surface area (Å²) in [6, 6.07) is 8.14. The highest BCUT2D eigenvalue weighted by Gasteiger charge is 2.08. The maximum absolute atomic E-state index is 6.13. The van der Waals surface area contributed by atoms with E-state index in [2.05, 4.69) is 17.2 Å². The van der Waals surface area contributed by atoms with Gasteiger partial charge in [0.1, 0.15) is 5.01 Å². The van der Waals surface area contributed by atoms with Crippen LogP contribution in [-0.4, -0.2) is 4.98 Å². The first kappa shape index (κ1) is 11.6. The van der Waals surface area contributed by atoms with E-state index in [1.807, 2.05) is 35.8 Å². The zero-order valence-electron chi connectivity index (χ0n) is 8.98. The van der Waals surface area contributed by atoms with E-state index in [1.54, 1.807) is 11.3 Å². The molecule has 0 aliphatic heterocycles. The molecule has 0 radical (unpaired) electrons. The maximum atomic E-state index is 6.13. The van der Waals surface area contributed by atoms with Crippen molar-refractivity contribution in [3.8, 4) is 0 Å². The van der Waals surface area contributed by atoms with Gasteiger partial charge >= 0.3 is 0 Å². The lowest BCUT2D eigenvalue weighted by Gasteiger charge is -2.14. The molecule has 1 N–H and O–H groups in total. The van der Waals surface area contributed by atoms with Crippen LogP contribution in [0.25, 0.3) is 0 Å². The second-order valence-corrected chi connectivity index (χ2v) is 4.94. The lowest BCUT2D eigenvalue weighted by atomic mass is 10.1. The summed E-state index contributed by atoms with van der Waals surface area (Å²) in [7, 11) is 0. The third-order valence-corrected chi connectivity index (χ3v) is 3.54. The highest BCUT2D eigenvalue weighted by Crippen LogP contribution is 2.22. The number of hydrogen-bond donors (Lipinski definition) is 1. The fourth-order valence-electron chi connectivity index (χ4n) is 1.52. The van der Waals surface area contributed by atoms with Crippen molar-refractivity contribution in [3.63, 3.8) is 0 Å². The van der Waals surface area contributed by atoms with Crippen LogP contribution in [0.1, 0.15) is 23.5 Å². The van der Waals surface area contributed by atoms with E-state index in [0.29, 0.717) is 0 Å². The van der Waals surface area contributed by atoms with E-state index in [0.717, 1.165) is 22.1 Å². The van der Waals surface area contributed by atoms with Gasteiger partial charge < -0.3 is 5.32 Å². The minimum atomic E-state index is 0.234. The molecule has 0 aliphatic carbocycles. The van der Waals surface area contributed by atoms with Gasteiger partial charge in [-0.15, -0.1) is 11.3 Å². The van der Waals surface area contributed by atoms with Gasteiger partial charge in [0.05, 0.1) is 0 Å². The van der Waals surface area contributed by atoms with Crippen LogP contribution >= 0.6 is 22.9 Å². The molecule has 0 bridgehead atoms. The monoisotopic (exact) mass is 252 g/mol. The summed E-state index contributed by atoms with van der Waals surface area (Å²) in [5.74, 6) is 0. The largest absolute Gasteiger partial charge is 0.304 e. The molecule has 2 nitrogen and oxygen atoms in total. The molecule has 1 atom stereocenters. The average molecular weight is 253 g/mol. The number of nitrogens with one attached hydrogen (secondary N) is 1. The van der Waals surface area contributed by atoms with Crippen LogP contribution in [0.3, 0.4) is 0 Å². The summed E-state index contributed by atoms with van der Waals surface area (Å²) in [6.07, 6.45) is 1.82. The van der Waals surface area contributed by atoms with Gasteiger partial charge in [-0.3, -0.25) is 0 Å². The topological polar surface area (TPSA) is 24.9 Å². The Kier molecular flexibility index (Phi) is 3.93. The zero-order valence-corrected chi connectivity index (χ0v) is 10.6. The first-order valence-corrected chi connectivity index (χ1v) is 6.39. The predicted octanol–water partition coefficient (Wildman–Crippen LogP) is 3.65. The molecule has 84 valence electrons. The van der Waals surface area contributed by atoms with E-state index in [9.17, 15) is 0 Å². The highest BCUT2D eigenvalue weighted by atomic mass is 35.5. The van der Waals surface area contributed by atoms with Crippen LogP contribution in [0.4, 0.5) is 0 Å². The average Bonchev–Trinajstić information content (AvgIpc) is 2.79. The van der Waals surface area contributed by atoms with Gasteiger partial charge in [-0.2, -0.15) is 0 Å². The van der Waals surface area contributed by atoms with Crippen molar-refractivity contribution in [3.05, 3.63) is 51.4 Å². The lowest BCUT2D eigenvalue weighted by molar-refractivity contribution is 0.573. The quantitative estimate of drug-likeness (QED) is 0.899. The van der Waals surface area contributed by atoms with Gasteiger partial charge in [-0.05, 0) is 18.6 Å². The number of halogens is 1. The van der Waals surface area contributed by atoms with Crippen molar-refractivity contribution in [1.82, 2.24) is 10.3 Å². The molecular formula is C12H13ClN2S. The summed E-state index contributed by atoms with van der Waals surface area (Å²) in [6.45, 7) is 2.89. The molecular weight excluding hydrogens is 240 g/mol. The summed E-state index contributed by atoms with van der Waals surface area (Å²) >= 11 is 7.78. The van der Waals surface area contributed by atoms with Crippen LogP contribution in [0.5, 0.6) is 0 Å². The molecule has 0 aliphatic rings. The van der Waals surface area contributed by atoms with E-state index in [4.69, 9.17) is 11.6 Å². The molecule has 2 rings (SSSR count). The molecule has 4 heteroatoms. The Morgan fingerprint density at radius 1 is 1.44 bits per heavy atom. The summed E-state index contributed by atoms with van der Waals surface area (Å²) < 4.78 is 0. The van der Waals surface area contributed by atoms with Gasteiger partial charge in [0.15, 0.2) is 0 Å². The van der Waals surface area contributed by atoms with Crippen molar-refractivity contribution in [2.45, 2.75) is 19.5 Å². The Labute approximate surface area is 104 Å². The number of hydrogen-bond acceptors (Lipinski definition) is 3. The maximum Gasteiger partial charge on any atom is 0.106 e. The summed E-state index contributed by atoms with van der Waals surface area (Å²) in [5.41, 5.74) is 1.13. The van der Waals surface area contributed by atoms with Crippen molar-refractivity contribution >= 4 is 22.9 Å². The Bertz CT molecular complexity index is 442. The molecule has 0 saturated carbocycles. The van der Waals surface area contributed by atoms with Crippen molar-refractivity contribution in [1.29, 1.82) is 0 Å². The van der Waals surface area contributed by atoms with Crippen molar-refractivity contribution in [2.75, 3.05) is 0 Å². The number of benzene rings is 1. The molecule has 0 amide bonds. The number of aromatic nitrogens is 1. The van der Waals surface area contributed by atoms with Gasteiger partial charge in [-0.1, -0.05) is 29.8 Å². The van der Waals surface area contributed by atoms with E-state index >= 15 is 0 Å². The molecule has 1 aromatic heterocycles.